The lowest BCUT2D eigenvalue weighted by atomic mass is 10.1. The molecular formula is C11H17NO3. The number of hydrogen-bond acceptors (Lipinski definition) is 4. The number of hydrogen-bond donors (Lipinski definition) is 2. The molecule has 4 nitrogen and oxygen atoms in total. The summed E-state index contributed by atoms with van der Waals surface area (Å²) < 4.78 is 10.3. The molecule has 0 unspecified atom stereocenters. The highest BCUT2D eigenvalue weighted by atomic mass is 16.5. The summed E-state index contributed by atoms with van der Waals surface area (Å²) in [6, 6.07) is 3.74. The van der Waals surface area contributed by atoms with Crippen molar-refractivity contribution in [3.8, 4) is 11.5 Å². The van der Waals surface area contributed by atoms with Crippen molar-refractivity contribution in [2.45, 2.75) is 12.8 Å². The minimum absolute atomic E-state index is 0.176. The summed E-state index contributed by atoms with van der Waals surface area (Å²) in [5, 5.41) is 8.75. The van der Waals surface area contributed by atoms with Gasteiger partial charge in [0.15, 0.2) is 0 Å². The van der Waals surface area contributed by atoms with Crippen molar-refractivity contribution in [1.29, 1.82) is 0 Å². The van der Waals surface area contributed by atoms with Gasteiger partial charge in [0, 0.05) is 6.61 Å². The summed E-state index contributed by atoms with van der Waals surface area (Å²) >= 11 is 0. The highest BCUT2D eigenvalue weighted by molar-refractivity contribution is 5.64. The second-order valence-corrected chi connectivity index (χ2v) is 3.24. The first-order valence-corrected chi connectivity index (χ1v) is 4.84. The molecule has 3 N–H and O–H groups in total. The molecule has 0 bridgehead atoms. The summed E-state index contributed by atoms with van der Waals surface area (Å²) in [5.74, 6) is 1.23. The fourth-order valence-corrected chi connectivity index (χ4v) is 1.42. The van der Waals surface area contributed by atoms with E-state index in [0.717, 1.165) is 18.4 Å². The molecule has 0 fully saturated rings. The van der Waals surface area contributed by atoms with E-state index >= 15 is 0 Å². The van der Waals surface area contributed by atoms with E-state index in [-0.39, 0.29) is 6.61 Å². The summed E-state index contributed by atoms with van der Waals surface area (Å²) in [7, 11) is 3.14. The first kappa shape index (κ1) is 11.7. The maximum absolute atomic E-state index is 8.75. The van der Waals surface area contributed by atoms with Gasteiger partial charge in [0.2, 0.25) is 0 Å². The minimum Gasteiger partial charge on any atom is -0.494 e. The number of rotatable bonds is 5. The van der Waals surface area contributed by atoms with Crippen LogP contribution in [0.5, 0.6) is 11.5 Å². The zero-order valence-corrected chi connectivity index (χ0v) is 9.12. The molecule has 1 aromatic rings. The maximum Gasteiger partial charge on any atom is 0.145 e. The Morgan fingerprint density at radius 3 is 2.13 bits per heavy atom. The maximum atomic E-state index is 8.75. The molecule has 0 saturated carbocycles. The van der Waals surface area contributed by atoms with Gasteiger partial charge in [0.1, 0.15) is 17.2 Å². The molecule has 0 saturated heterocycles. The first-order chi connectivity index (χ1) is 7.22. The molecule has 0 aliphatic carbocycles. The van der Waals surface area contributed by atoms with Gasteiger partial charge in [0.05, 0.1) is 14.2 Å². The van der Waals surface area contributed by atoms with Gasteiger partial charge in [-0.05, 0) is 30.5 Å². The topological polar surface area (TPSA) is 64.7 Å². The van der Waals surface area contributed by atoms with E-state index in [1.54, 1.807) is 14.2 Å². The number of nitrogens with two attached hydrogens (primary N) is 1. The number of aryl methyl sites for hydroxylation is 1. The number of aliphatic hydroxyl groups is 1. The molecule has 0 amide bonds. The van der Waals surface area contributed by atoms with Crippen LogP contribution in [0.4, 0.5) is 5.69 Å². The second-order valence-electron chi connectivity index (χ2n) is 3.24. The summed E-state index contributed by atoms with van der Waals surface area (Å²) in [4.78, 5) is 0. The van der Waals surface area contributed by atoms with Crippen LogP contribution in [0, 0.1) is 0 Å². The summed E-state index contributed by atoms with van der Waals surface area (Å²) in [6.45, 7) is 0.176. The number of methoxy groups -OCH3 is 2. The number of benzene rings is 1. The van der Waals surface area contributed by atoms with Crippen molar-refractivity contribution >= 4 is 5.69 Å². The Kier molecular flexibility index (Phi) is 4.24. The van der Waals surface area contributed by atoms with Crippen LogP contribution in [0.25, 0.3) is 0 Å². The fraction of sp³-hybridized carbons (Fsp3) is 0.455. The van der Waals surface area contributed by atoms with Gasteiger partial charge in [-0.25, -0.2) is 0 Å². The normalized spacial score (nSPS) is 10.1. The van der Waals surface area contributed by atoms with Crippen molar-refractivity contribution in [3.05, 3.63) is 17.7 Å². The van der Waals surface area contributed by atoms with Crippen molar-refractivity contribution in [1.82, 2.24) is 0 Å². The largest absolute Gasteiger partial charge is 0.494 e. The summed E-state index contributed by atoms with van der Waals surface area (Å²) in [5.41, 5.74) is 7.36. The zero-order chi connectivity index (χ0) is 11.3. The van der Waals surface area contributed by atoms with E-state index in [0.29, 0.717) is 17.2 Å². The Morgan fingerprint density at radius 2 is 1.73 bits per heavy atom. The van der Waals surface area contributed by atoms with E-state index in [9.17, 15) is 0 Å². The van der Waals surface area contributed by atoms with Crippen molar-refractivity contribution in [3.63, 3.8) is 0 Å². The smallest absolute Gasteiger partial charge is 0.145 e. The van der Waals surface area contributed by atoms with Crippen molar-refractivity contribution in [2.75, 3.05) is 26.6 Å². The summed E-state index contributed by atoms with van der Waals surface area (Å²) in [6.07, 6.45) is 1.50. The molecule has 0 atom stereocenters. The van der Waals surface area contributed by atoms with E-state index in [4.69, 9.17) is 20.3 Å². The van der Waals surface area contributed by atoms with Gasteiger partial charge < -0.3 is 20.3 Å². The van der Waals surface area contributed by atoms with Crippen LogP contribution in [-0.4, -0.2) is 25.9 Å². The molecular weight excluding hydrogens is 194 g/mol. The zero-order valence-electron chi connectivity index (χ0n) is 9.12. The lowest BCUT2D eigenvalue weighted by Gasteiger charge is -2.11. The highest BCUT2D eigenvalue weighted by Gasteiger charge is 2.08. The quantitative estimate of drug-likeness (QED) is 0.718. The average molecular weight is 211 g/mol. The standard InChI is InChI=1S/C11H17NO3/c1-14-9-6-8(4-3-5-13)7-10(15-2)11(9)12/h6-7,13H,3-5,12H2,1-2H3. The number of aliphatic hydroxyl groups excluding tert-OH is 1. The highest BCUT2D eigenvalue weighted by Crippen LogP contribution is 2.33. The second kappa shape index (κ2) is 5.46. The number of anilines is 1. The molecule has 0 aromatic heterocycles. The number of ether oxygens (including phenoxy) is 2. The van der Waals surface area contributed by atoms with Crippen LogP contribution in [0.15, 0.2) is 12.1 Å². The van der Waals surface area contributed by atoms with Gasteiger partial charge in [-0.1, -0.05) is 0 Å². The Hall–Kier alpha value is -1.42. The van der Waals surface area contributed by atoms with Gasteiger partial charge in [-0.3, -0.25) is 0 Å². The van der Waals surface area contributed by atoms with Crippen molar-refractivity contribution < 1.29 is 14.6 Å². The van der Waals surface area contributed by atoms with Crippen LogP contribution in [0.3, 0.4) is 0 Å². The molecule has 15 heavy (non-hydrogen) atoms. The molecule has 84 valence electrons. The van der Waals surface area contributed by atoms with Crippen LogP contribution >= 0.6 is 0 Å². The molecule has 0 aliphatic rings. The van der Waals surface area contributed by atoms with E-state index < -0.39 is 0 Å². The first-order valence-electron chi connectivity index (χ1n) is 4.84. The van der Waals surface area contributed by atoms with Gasteiger partial charge >= 0.3 is 0 Å². The molecule has 0 radical (unpaired) electrons. The van der Waals surface area contributed by atoms with Crippen LogP contribution < -0.4 is 15.2 Å². The van der Waals surface area contributed by atoms with Gasteiger partial charge in [-0.15, -0.1) is 0 Å². The minimum atomic E-state index is 0.176. The molecule has 0 spiro atoms. The molecule has 0 heterocycles. The van der Waals surface area contributed by atoms with Crippen LogP contribution in [0.2, 0.25) is 0 Å². The molecule has 4 heteroatoms. The predicted octanol–water partition coefficient (Wildman–Crippen LogP) is 1.21. The van der Waals surface area contributed by atoms with Crippen LogP contribution in [-0.2, 0) is 6.42 Å². The molecule has 1 aromatic carbocycles. The molecule has 0 aliphatic heterocycles. The Labute approximate surface area is 89.6 Å². The number of nitrogen functional groups attached to an aromatic ring is 1. The van der Waals surface area contributed by atoms with E-state index in [2.05, 4.69) is 0 Å². The van der Waals surface area contributed by atoms with Gasteiger partial charge in [-0.2, -0.15) is 0 Å². The van der Waals surface area contributed by atoms with E-state index in [1.807, 2.05) is 12.1 Å². The SMILES string of the molecule is COc1cc(CCCO)cc(OC)c1N. The van der Waals surface area contributed by atoms with E-state index in [1.165, 1.54) is 0 Å². The lowest BCUT2D eigenvalue weighted by Crippen LogP contribution is -1.99. The Bertz CT molecular complexity index is 301. The Morgan fingerprint density at radius 1 is 1.20 bits per heavy atom. The third-order valence-electron chi connectivity index (χ3n) is 2.23. The van der Waals surface area contributed by atoms with Crippen LogP contribution in [0.1, 0.15) is 12.0 Å². The third-order valence-corrected chi connectivity index (χ3v) is 2.23. The monoisotopic (exact) mass is 211 g/mol. The van der Waals surface area contributed by atoms with Gasteiger partial charge in [0.25, 0.3) is 0 Å². The Balaban J connectivity index is 2.98. The fourth-order valence-electron chi connectivity index (χ4n) is 1.42. The average Bonchev–Trinajstić information content (AvgIpc) is 2.27. The molecule has 1 rings (SSSR count). The lowest BCUT2D eigenvalue weighted by molar-refractivity contribution is 0.288. The third kappa shape index (κ3) is 2.76. The van der Waals surface area contributed by atoms with Crippen molar-refractivity contribution in [2.24, 2.45) is 0 Å². The predicted molar refractivity (Wildman–Crippen MR) is 59.4 cm³/mol.